The van der Waals surface area contributed by atoms with E-state index in [1.807, 2.05) is 0 Å². The lowest BCUT2D eigenvalue weighted by Gasteiger charge is -2.10. The average Bonchev–Trinajstić information content (AvgIpc) is 2.19. The van der Waals surface area contributed by atoms with Crippen LogP contribution in [-0.4, -0.2) is 12.5 Å². The lowest BCUT2D eigenvalue weighted by atomic mass is 10.2. The number of nitrogen functional groups attached to an aromatic ring is 1. The first-order valence-electron chi connectivity index (χ1n) is 4.48. The van der Waals surface area contributed by atoms with Crippen LogP contribution in [0.25, 0.3) is 0 Å². The van der Waals surface area contributed by atoms with E-state index in [9.17, 15) is 9.18 Å². The fourth-order valence-electron chi connectivity index (χ4n) is 0.901. The van der Waals surface area contributed by atoms with Crippen molar-refractivity contribution < 1.29 is 13.9 Å². The van der Waals surface area contributed by atoms with Gasteiger partial charge in [0.1, 0.15) is 11.6 Å². The van der Waals surface area contributed by atoms with Gasteiger partial charge in [0.15, 0.2) is 0 Å². The molecular formula is C10H13FN2O2. The van der Waals surface area contributed by atoms with Crippen LogP contribution in [0.1, 0.15) is 6.92 Å². The lowest BCUT2D eigenvalue weighted by Crippen LogP contribution is -2.25. The number of anilines is 1. The summed E-state index contributed by atoms with van der Waals surface area (Å²) in [5.41, 5.74) is 10.4. The Morgan fingerprint density at radius 1 is 1.60 bits per heavy atom. The quantitative estimate of drug-likeness (QED) is 0.728. The van der Waals surface area contributed by atoms with Gasteiger partial charge in [0.05, 0.1) is 18.2 Å². The molecular weight excluding hydrogens is 199 g/mol. The standard InChI is InChI=1S/C10H13FN2O2/c1-6(10(13)14)5-15-7-2-3-9(12)8(11)4-7/h2-4,6H,5,12H2,1H3,(H2,13,14). The summed E-state index contributed by atoms with van der Waals surface area (Å²) in [7, 11) is 0. The molecule has 1 aromatic carbocycles. The first kappa shape index (κ1) is 11.3. The number of benzene rings is 1. The maximum absolute atomic E-state index is 13.0. The molecule has 1 atom stereocenters. The van der Waals surface area contributed by atoms with Gasteiger partial charge in [-0.25, -0.2) is 4.39 Å². The molecule has 0 spiro atoms. The molecule has 4 N–H and O–H groups in total. The molecule has 0 fully saturated rings. The molecule has 0 aliphatic carbocycles. The molecule has 0 aliphatic heterocycles. The molecule has 0 saturated heterocycles. The number of halogens is 1. The largest absolute Gasteiger partial charge is 0.493 e. The molecule has 1 amide bonds. The maximum atomic E-state index is 13.0. The van der Waals surface area contributed by atoms with Gasteiger partial charge in [0.2, 0.25) is 5.91 Å². The highest BCUT2D eigenvalue weighted by atomic mass is 19.1. The van der Waals surface area contributed by atoms with E-state index in [1.165, 1.54) is 18.2 Å². The molecule has 4 nitrogen and oxygen atoms in total. The third-order valence-corrected chi connectivity index (χ3v) is 1.96. The average molecular weight is 212 g/mol. The molecule has 15 heavy (non-hydrogen) atoms. The number of primary amides is 1. The molecule has 0 bridgehead atoms. The van der Waals surface area contributed by atoms with Gasteiger partial charge in [0.25, 0.3) is 0 Å². The Hall–Kier alpha value is -1.78. The number of ether oxygens (including phenoxy) is 1. The molecule has 0 aliphatic rings. The van der Waals surface area contributed by atoms with Crippen molar-refractivity contribution in [2.24, 2.45) is 11.7 Å². The Labute approximate surface area is 87.0 Å². The monoisotopic (exact) mass is 212 g/mol. The van der Waals surface area contributed by atoms with Crippen LogP contribution < -0.4 is 16.2 Å². The van der Waals surface area contributed by atoms with Crippen LogP contribution in [0.3, 0.4) is 0 Å². The van der Waals surface area contributed by atoms with Crippen LogP contribution in [0, 0.1) is 11.7 Å². The number of hydrogen-bond acceptors (Lipinski definition) is 3. The van der Waals surface area contributed by atoms with E-state index >= 15 is 0 Å². The fraction of sp³-hybridized carbons (Fsp3) is 0.300. The van der Waals surface area contributed by atoms with Crippen molar-refractivity contribution in [2.45, 2.75) is 6.92 Å². The predicted molar refractivity (Wildman–Crippen MR) is 54.7 cm³/mol. The van der Waals surface area contributed by atoms with E-state index in [-0.39, 0.29) is 12.3 Å². The molecule has 1 rings (SSSR count). The van der Waals surface area contributed by atoms with E-state index in [0.717, 1.165) is 0 Å². The van der Waals surface area contributed by atoms with Crippen molar-refractivity contribution in [3.05, 3.63) is 24.0 Å². The normalized spacial score (nSPS) is 12.1. The summed E-state index contributed by atoms with van der Waals surface area (Å²) >= 11 is 0. The minimum Gasteiger partial charge on any atom is -0.493 e. The van der Waals surface area contributed by atoms with Crippen LogP contribution in [0.5, 0.6) is 5.75 Å². The van der Waals surface area contributed by atoms with Crippen molar-refractivity contribution in [1.29, 1.82) is 0 Å². The maximum Gasteiger partial charge on any atom is 0.223 e. The number of rotatable bonds is 4. The number of hydrogen-bond donors (Lipinski definition) is 2. The first-order valence-corrected chi connectivity index (χ1v) is 4.48. The van der Waals surface area contributed by atoms with Gasteiger partial charge < -0.3 is 16.2 Å². The summed E-state index contributed by atoms with van der Waals surface area (Å²) in [5.74, 6) is -1.08. The third kappa shape index (κ3) is 3.12. The zero-order valence-electron chi connectivity index (χ0n) is 8.37. The SMILES string of the molecule is CC(COc1ccc(N)c(F)c1)C(N)=O. The highest BCUT2D eigenvalue weighted by Gasteiger charge is 2.09. The number of carbonyl (C=O) groups excluding carboxylic acids is 1. The zero-order chi connectivity index (χ0) is 11.4. The molecule has 0 saturated carbocycles. The van der Waals surface area contributed by atoms with Gasteiger partial charge in [-0.2, -0.15) is 0 Å². The molecule has 1 unspecified atom stereocenters. The van der Waals surface area contributed by atoms with Crippen molar-refractivity contribution in [3.63, 3.8) is 0 Å². The van der Waals surface area contributed by atoms with Gasteiger partial charge >= 0.3 is 0 Å². The summed E-state index contributed by atoms with van der Waals surface area (Å²) in [6, 6.07) is 4.11. The molecule has 82 valence electrons. The van der Waals surface area contributed by atoms with Crippen molar-refractivity contribution in [2.75, 3.05) is 12.3 Å². The van der Waals surface area contributed by atoms with Crippen molar-refractivity contribution in [1.82, 2.24) is 0 Å². The Bertz CT molecular complexity index is 368. The Morgan fingerprint density at radius 3 is 2.80 bits per heavy atom. The molecule has 0 radical (unpaired) electrons. The van der Waals surface area contributed by atoms with Gasteiger partial charge in [-0.3, -0.25) is 4.79 Å². The molecule has 1 aromatic rings. The minimum absolute atomic E-state index is 0.0605. The fourth-order valence-corrected chi connectivity index (χ4v) is 0.901. The van der Waals surface area contributed by atoms with Crippen LogP contribution >= 0.6 is 0 Å². The molecule has 0 heterocycles. The van der Waals surface area contributed by atoms with E-state index in [1.54, 1.807) is 6.92 Å². The smallest absolute Gasteiger partial charge is 0.223 e. The summed E-state index contributed by atoms with van der Waals surface area (Å²) < 4.78 is 18.1. The highest BCUT2D eigenvalue weighted by molar-refractivity contribution is 5.76. The minimum atomic E-state index is -0.542. The van der Waals surface area contributed by atoms with Crippen molar-refractivity contribution >= 4 is 11.6 Å². The van der Waals surface area contributed by atoms with Crippen molar-refractivity contribution in [3.8, 4) is 5.75 Å². The van der Waals surface area contributed by atoms with E-state index < -0.39 is 17.6 Å². The number of nitrogens with two attached hydrogens (primary N) is 2. The summed E-state index contributed by atoms with van der Waals surface area (Å²) in [5, 5.41) is 0. The Balaban J connectivity index is 2.58. The van der Waals surface area contributed by atoms with E-state index in [2.05, 4.69) is 0 Å². The summed E-state index contributed by atoms with van der Waals surface area (Å²) in [4.78, 5) is 10.7. The molecule has 0 aromatic heterocycles. The summed E-state index contributed by atoms with van der Waals surface area (Å²) in [6.45, 7) is 1.76. The topological polar surface area (TPSA) is 78.3 Å². The van der Waals surface area contributed by atoms with E-state index in [0.29, 0.717) is 5.75 Å². The van der Waals surface area contributed by atoms with Gasteiger partial charge in [-0.1, -0.05) is 6.92 Å². The van der Waals surface area contributed by atoms with Gasteiger partial charge in [-0.15, -0.1) is 0 Å². The Morgan fingerprint density at radius 2 is 2.27 bits per heavy atom. The van der Waals surface area contributed by atoms with Crippen LogP contribution in [0.15, 0.2) is 18.2 Å². The molecule has 5 heteroatoms. The zero-order valence-corrected chi connectivity index (χ0v) is 8.37. The number of amides is 1. The second-order valence-electron chi connectivity index (χ2n) is 3.30. The second-order valence-corrected chi connectivity index (χ2v) is 3.30. The van der Waals surface area contributed by atoms with Crippen LogP contribution in [-0.2, 0) is 4.79 Å². The highest BCUT2D eigenvalue weighted by Crippen LogP contribution is 2.18. The lowest BCUT2D eigenvalue weighted by molar-refractivity contribution is -0.122. The van der Waals surface area contributed by atoms with Crippen LogP contribution in [0.2, 0.25) is 0 Å². The van der Waals surface area contributed by atoms with E-state index in [4.69, 9.17) is 16.2 Å². The third-order valence-electron chi connectivity index (χ3n) is 1.96. The van der Waals surface area contributed by atoms with Crippen LogP contribution in [0.4, 0.5) is 10.1 Å². The van der Waals surface area contributed by atoms with Gasteiger partial charge in [-0.05, 0) is 12.1 Å². The summed E-state index contributed by atoms with van der Waals surface area (Å²) in [6.07, 6.45) is 0. The Kier molecular flexibility index (Phi) is 3.49. The number of carbonyl (C=O) groups is 1. The first-order chi connectivity index (χ1) is 7.00. The van der Waals surface area contributed by atoms with Gasteiger partial charge in [0, 0.05) is 6.07 Å². The second kappa shape index (κ2) is 4.63. The predicted octanol–water partition coefficient (Wildman–Crippen LogP) is 0.908.